The molecule has 0 radical (unpaired) electrons. The van der Waals surface area contributed by atoms with Crippen LogP contribution in [-0.4, -0.2) is 4.98 Å². The highest BCUT2D eigenvalue weighted by Gasteiger charge is 2.27. The Hall–Kier alpha value is -1.19. The molecule has 90 valence electrons. The number of aromatic nitrogens is 1. The fourth-order valence-corrected chi connectivity index (χ4v) is 2.93. The van der Waals surface area contributed by atoms with E-state index in [1.165, 1.54) is 10.4 Å². The molecule has 1 heterocycles. The van der Waals surface area contributed by atoms with Crippen LogP contribution in [0.25, 0.3) is 0 Å². The second kappa shape index (κ2) is 4.59. The number of hydrogen-bond acceptors (Lipinski definition) is 3. The Morgan fingerprint density at radius 2 is 1.88 bits per heavy atom. The third kappa shape index (κ3) is 2.26. The maximum Gasteiger partial charge on any atom is 0.103 e. The normalized spacial score (nSPS) is 11.8. The minimum atomic E-state index is -0.0515. The highest BCUT2D eigenvalue weighted by Crippen LogP contribution is 2.35. The Bertz CT molecular complexity index is 500. The summed E-state index contributed by atoms with van der Waals surface area (Å²) < 4.78 is 0. The molecule has 2 nitrogen and oxygen atoms in total. The third-order valence-corrected chi connectivity index (χ3v) is 4.61. The van der Waals surface area contributed by atoms with Crippen molar-refractivity contribution in [1.82, 2.24) is 4.98 Å². The fraction of sp³-hybridized carbons (Fsp3) is 0.357. The lowest BCUT2D eigenvalue weighted by Crippen LogP contribution is -2.18. The number of benzene rings is 1. The summed E-state index contributed by atoms with van der Waals surface area (Å²) in [5.74, 6) is 0. The van der Waals surface area contributed by atoms with Crippen molar-refractivity contribution in [3.05, 3.63) is 51.5 Å². The van der Waals surface area contributed by atoms with E-state index in [4.69, 9.17) is 5.73 Å². The zero-order valence-electron chi connectivity index (χ0n) is 10.5. The van der Waals surface area contributed by atoms with Crippen LogP contribution < -0.4 is 5.73 Å². The second-order valence-electron chi connectivity index (χ2n) is 4.72. The molecule has 0 fully saturated rings. The van der Waals surface area contributed by atoms with Crippen LogP contribution in [0.2, 0.25) is 0 Å². The highest BCUT2D eigenvalue weighted by molar-refractivity contribution is 7.11. The van der Waals surface area contributed by atoms with Gasteiger partial charge in [-0.2, -0.15) is 0 Å². The summed E-state index contributed by atoms with van der Waals surface area (Å²) >= 11 is 1.73. The van der Waals surface area contributed by atoms with E-state index in [0.717, 1.165) is 10.7 Å². The lowest BCUT2D eigenvalue weighted by Gasteiger charge is -2.22. The van der Waals surface area contributed by atoms with Crippen LogP contribution in [0.5, 0.6) is 0 Å². The van der Waals surface area contributed by atoms with Crippen LogP contribution >= 0.6 is 11.3 Å². The van der Waals surface area contributed by atoms with E-state index in [2.05, 4.69) is 43.1 Å². The van der Waals surface area contributed by atoms with Crippen LogP contribution in [-0.2, 0) is 12.0 Å². The molecule has 17 heavy (non-hydrogen) atoms. The maximum atomic E-state index is 5.72. The zero-order chi connectivity index (χ0) is 12.5. The molecule has 0 saturated heterocycles. The Morgan fingerprint density at radius 3 is 2.41 bits per heavy atom. The monoisotopic (exact) mass is 246 g/mol. The summed E-state index contributed by atoms with van der Waals surface area (Å²) in [7, 11) is 0. The molecule has 3 heteroatoms. The van der Waals surface area contributed by atoms with Crippen molar-refractivity contribution >= 4 is 11.3 Å². The number of nitrogens with zero attached hydrogens (tertiary/aromatic N) is 1. The van der Waals surface area contributed by atoms with Crippen LogP contribution in [0.4, 0.5) is 0 Å². The van der Waals surface area contributed by atoms with Crippen LogP contribution in [0, 0.1) is 6.92 Å². The standard InChI is InChI=1S/C14H18N2S/c1-10-12(9-15)17-13(16-10)14(2,3)11-7-5-4-6-8-11/h4-8H,9,15H2,1-3H3. The largest absolute Gasteiger partial charge is 0.326 e. The number of thiazole rings is 1. The number of aryl methyl sites for hydroxylation is 1. The second-order valence-corrected chi connectivity index (χ2v) is 5.81. The van der Waals surface area contributed by atoms with Gasteiger partial charge in [-0.05, 0) is 26.3 Å². The third-order valence-electron chi connectivity index (χ3n) is 3.11. The molecule has 0 aliphatic heterocycles. The topological polar surface area (TPSA) is 38.9 Å². The van der Waals surface area contributed by atoms with Crippen molar-refractivity contribution < 1.29 is 0 Å². The van der Waals surface area contributed by atoms with Crippen molar-refractivity contribution in [2.45, 2.75) is 32.7 Å². The number of nitrogens with two attached hydrogens (primary N) is 1. The average molecular weight is 246 g/mol. The molecule has 0 unspecified atom stereocenters. The summed E-state index contributed by atoms with van der Waals surface area (Å²) in [4.78, 5) is 5.85. The van der Waals surface area contributed by atoms with Crippen LogP contribution in [0.1, 0.15) is 35.0 Å². The van der Waals surface area contributed by atoms with Crippen molar-refractivity contribution in [1.29, 1.82) is 0 Å². The van der Waals surface area contributed by atoms with Gasteiger partial charge in [0.2, 0.25) is 0 Å². The Balaban J connectivity index is 2.44. The fourth-order valence-electron chi connectivity index (χ4n) is 1.86. The molecule has 1 aromatic carbocycles. The van der Waals surface area contributed by atoms with E-state index in [-0.39, 0.29) is 5.41 Å². The van der Waals surface area contributed by atoms with Gasteiger partial charge >= 0.3 is 0 Å². The average Bonchev–Trinajstić information content (AvgIpc) is 2.72. The molecule has 0 aliphatic carbocycles. The molecule has 2 rings (SSSR count). The van der Waals surface area contributed by atoms with E-state index in [9.17, 15) is 0 Å². The van der Waals surface area contributed by atoms with Gasteiger partial charge in [0.1, 0.15) is 5.01 Å². The van der Waals surface area contributed by atoms with Crippen molar-refractivity contribution in [2.75, 3.05) is 0 Å². The lowest BCUT2D eigenvalue weighted by atomic mass is 9.85. The molecule has 0 saturated carbocycles. The zero-order valence-corrected chi connectivity index (χ0v) is 11.3. The highest BCUT2D eigenvalue weighted by atomic mass is 32.1. The van der Waals surface area contributed by atoms with Crippen molar-refractivity contribution in [3.63, 3.8) is 0 Å². The van der Waals surface area contributed by atoms with Crippen LogP contribution in [0.15, 0.2) is 30.3 Å². The first-order valence-electron chi connectivity index (χ1n) is 5.78. The summed E-state index contributed by atoms with van der Waals surface area (Å²) in [5.41, 5.74) is 8.02. The molecule has 2 aromatic rings. The maximum absolute atomic E-state index is 5.72. The van der Waals surface area contributed by atoms with Gasteiger partial charge in [0.15, 0.2) is 0 Å². The molecule has 1 aromatic heterocycles. The smallest absolute Gasteiger partial charge is 0.103 e. The summed E-state index contributed by atoms with van der Waals surface area (Å²) in [6.07, 6.45) is 0. The molecule has 0 atom stereocenters. The van der Waals surface area contributed by atoms with Crippen molar-refractivity contribution in [3.8, 4) is 0 Å². The Kier molecular flexibility index (Phi) is 3.31. The number of hydrogen-bond donors (Lipinski definition) is 1. The number of rotatable bonds is 3. The molecule has 0 aliphatic rings. The van der Waals surface area contributed by atoms with Crippen molar-refractivity contribution in [2.24, 2.45) is 5.73 Å². The van der Waals surface area contributed by atoms with E-state index in [1.54, 1.807) is 11.3 Å². The first-order chi connectivity index (χ1) is 8.05. The van der Waals surface area contributed by atoms with Crippen LogP contribution in [0.3, 0.4) is 0 Å². The molecule has 0 amide bonds. The molecule has 2 N–H and O–H groups in total. The molecule has 0 bridgehead atoms. The Morgan fingerprint density at radius 1 is 1.24 bits per heavy atom. The lowest BCUT2D eigenvalue weighted by molar-refractivity contribution is 0.633. The van der Waals surface area contributed by atoms with E-state index in [0.29, 0.717) is 6.54 Å². The van der Waals surface area contributed by atoms with Gasteiger partial charge in [0, 0.05) is 16.8 Å². The van der Waals surface area contributed by atoms with E-state index < -0.39 is 0 Å². The minimum Gasteiger partial charge on any atom is -0.326 e. The molecular weight excluding hydrogens is 228 g/mol. The molecular formula is C14H18N2S. The minimum absolute atomic E-state index is 0.0515. The molecule has 0 spiro atoms. The first kappa shape index (κ1) is 12.3. The summed E-state index contributed by atoms with van der Waals surface area (Å²) in [6, 6.07) is 10.5. The Labute approximate surface area is 107 Å². The van der Waals surface area contributed by atoms with Gasteiger partial charge < -0.3 is 5.73 Å². The van der Waals surface area contributed by atoms with Gasteiger partial charge in [-0.25, -0.2) is 4.98 Å². The van der Waals surface area contributed by atoms with E-state index in [1.807, 2.05) is 13.0 Å². The van der Waals surface area contributed by atoms with Gasteiger partial charge in [-0.3, -0.25) is 0 Å². The van der Waals surface area contributed by atoms with Gasteiger partial charge in [0.05, 0.1) is 5.69 Å². The predicted molar refractivity (Wildman–Crippen MR) is 73.3 cm³/mol. The first-order valence-corrected chi connectivity index (χ1v) is 6.59. The quantitative estimate of drug-likeness (QED) is 0.903. The van der Waals surface area contributed by atoms with Gasteiger partial charge in [0.25, 0.3) is 0 Å². The summed E-state index contributed by atoms with van der Waals surface area (Å²) in [5, 5.41) is 1.14. The van der Waals surface area contributed by atoms with Gasteiger partial charge in [-0.15, -0.1) is 11.3 Å². The predicted octanol–water partition coefficient (Wildman–Crippen LogP) is 3.24. The van der Waals surface area contributed by atoms with E-state index >= 15 is 0 Å². The SMILES string of the molecule is Cc1nc(C(C)(C)c2ccccc2)sc1CN. The summed E-state index contributed by atoms with van der Waals surface area (Å²) in [6.45, 7) is 7.03. The van der Waals surface area contributed by atoms with Gasteiger partial charge in [-0.1, -0.05) is 30.3 Å².